The number of hydrogen-bond acceptors (Lipinski definition) is 2. The first-order chi connectivity index (χ1) is 29.5. The highest BCUT2D eigenvalue weighted by Gasteiger charge is 2.24. The zero-order valence-electron chi connectivity index (χ0n) is 35.6. The van der Waals surface area contributed by atoms with Crippen LogP contribution in [-0.4, -0.2) is 9.13 Å². The molecule has 0 bridgehead atoms. The SMILES string of the molecule is Cc1cc(C#N)cc(-c2c(-n3c4ccccc4c4cc(-c5c(C)cc(C)cc5C)ccc43)cc(C#N)cc2-n2c3ccccc3c3cc(-c4c(C)cc(C)cc4C)ccc32)c1. The third-order valence-electron chi connectivity index (χ3n) is 12.5. The fraction of sp³-hybridized carbons (Fsp3) is 0.123. The van der Waals surface area contributed by atoms with E-state index in [9.17, 15) is 10.5 Å². The summed E-state index contributed by atoms with van der Waals surface area (Å²) in [4.78, 5) is 0. The van der Waals surface area contributed by atoms with Crippen molar-refractivity contribution in [1.29, 1.82) is 10.5 Å². The van der Waals surface area contributed by atoms with Crippen LogP contribution in [0.4, 0.5) is 0 Å². The molecule has 0 aliphatic rings. The van der Waals surface area contributed by atoms with Crippen LogP contribution in [0.3, 0.4) is 0 Å². The Bertz CT molecular complexity index is 3330. The third kappa shape index (κ3) is 6.03. The quantitative estimate of drug-likeness (QED) is 0.174. The van der Waals surface area contributed by atoms with Gasteiger partial charge in [0.25, 0.3) is 0 Å². The molecule has 10 rings (SSSR count). The Morgan fingerprint density at radius 1 is 0.344 bits per heavy atom. The van der Waals surface area contributed by atoms with Crippen LogP contribution in [0, 0.1) is 71.1 Å². The summed E-state index contributed by atoms with van der Waals surface area (Å²) in [5.74, 6) is 0. The van der Waals surface area contributed by atoms with E-state index < -0.39 is 0 Å². The Hall–Kier alpha value is -7.66. The molecule has 4 nitrogen and oxygen atoms in total. The molecule has 10 aromatic rings. The normalized spacial score (nSPS) is 11.5. The van der Waals surface area contributed by atoms with Gasteiger partial charge in [0.15, 0.2) is 0 Å². The van der Waals surface area contributed by atoms with Crippen molar-refractivity contribution in [2.24, 2.45) is 0 Å². The van der Waals surface area contributed by atoms with Gasteiger partial charge in [0.2, 0.25) is 0 Å². The van der Waals surface area contributed by atoms with Crippen molar-refractivity contribution in [2.45, 2.75) is 48.5 Å². The molecule has 61 heavy (non-hydrogen) atoms. The van der Waals surface area contributed by atoms with E-state index in [2.05, 4.69) is 178 Å². The maximum atomic E-state index is 10.9. The van der Waals surface area contributed by atoms with E-state index in [0.29, 0.717) is 11.1 Å². The van der Waals surface area contributed by atoms with E-state index in [1.165, 1.54) is 55.6 Å². The lowest BCUT2D eigenvalue weighted by atomic mass is 9.93. The van der Waals surface area contributed by atoms with Crippen LogP contribution in [0.5, 0.6) is 0 Å². The van der Waals surface area contributed by atoms with Crippen molar-refractivity contribution in [3.63, 3.8) is 0 Å². The van der Waals surface area contributed by atoms with Gasteiger partial charge in [-0.3, -0.25) is 0 Å². The van der Waals surface area contributed by atoms with Gasteiger partial charge in [-0.25, -0.2) is 0 Å². The number of aromatic nitrogens is 2. The number of benzene rings is 8. The highest BCUT2D eigenvalue weighted by Crippen LogP contribution is 2.45. The topological polar surface area (TPSA) is 57.4 Å². The second kappa shape index (κ2) is 14.3. The minimum atomic E-state index is 0.545. The average molecular weight is 785 g/mol. The smallest absolute Gasteiger partial charge is 0.0993 e. The van der Waals surface area contributed by atoms with E-state index in [0.717, 1.165) is 71.7 Å². The second-order valence-corrected chi connectivity index (χ2v) is 16.9. The van der Waals surface area contributed by atoms with Crippen LogP contribution < -0.4 is 0 Å². The Morgan fingerprint density at radius 3 is 1.18 bits per heavy atom. The van der Waals surface area contributed by atoms with Crippen LogP contribution in [0.15, 0.2) is 140 Å². The van der Waals surface area contributed by atoms with Gasteiger partial charge in [-0.1, -0.05) is 90.0 Å². The average Bonchev–Trinajstić information content (AvgIpc) is 3.74. The molecule has 0 fully saturated rings. The molecular formula is C57H44N4. The molecule has 292 valence electrons. The molecule has 0 saturated carbocycles. The number of nitrogens with zero attached hydrogens (tertiary/aromatic N) is 4. The first-order valence-electron chi connectivity index (χ1n) is 20.9. The molecule has 8 aromatic carbocycles. The lowest BCUT2D eigenvalue weighted by molar-refractivity contribution is 1.13. The lowest BCUT2D eigenvalue weighted by Gasteiger charge is -2.21. The maximum Gasteiger partial charge on any atom is 0.0993 e. The number of hydrogen-bond donors (Lipinski definition) is 0. The number of nitriles is 2. The van der Waals surface area contributed by atoms with E-state index >= 15 is 0 Å². The molecular weight excluding hydrogens is 741 g/mol. The second-order valence-electron chi connectivity index (χ2n) is 16.9. The molecule has 0 radical (unpaired) electrons. The van der Waals surface area contributed by atoms with E-state index in [1.54, 1.807) is 0 Å². The van der Waals surface area contributed by atoms with Crippen LogP contribution in [0.1, 0.15) is 50.1 Å². The zero-order chi connectivity index (χ0) is 42.3. The molecule has 0 spiro atoms. The molecule has 2 aromatic heterocycles. The predicted octanol–water partition coefficient (Wildman–Crippen LogP) is 14.8. The van der Waals surface area contributed by atoms with Gasteiger partial charge in [0.05, 0.1) is 56.7 Å². The van der Waals surface area contributed by atoms with Crippen molar-refractivity contribution in [1.82, 2.24) is 9.13 Å². The maximum absolute atomic E-state index is 10.9. The summed E-state index contributed by atoms with van der Waals surface area (Å²) in [7, 11) is 0. The van der Waals surface area contributed by atoms with Crippen molar-refractivity contribution >= 4 is 43.6 Å². The Morgan fingerprint density at radius 2 is 0.738 bits per heavy atom. The van der Waals surface area contributed by atoms with E-state index in [4.69, 9.17) is 0 Å². The molecule has 0 unspecified atom stereocenters. The molecule has 0 amide bonds. The minimum Gasteiger partial charge on any atom is -0.308 e. The first kappa shape index (κ1) is 37.6. The van der Waals surface area contributed by atoms with Gasteiger partial charge < -0.3 is 9.13 Å². The zero-order valence-corrected chi connectivity index (χ0v) is 35.6. The van der Waals surface area contributed by atoms with E-state index in [-0.39, 0.29) is 0 Å². The highest BCUT2D eigenvalue weighted by molar-refractivity contribution is 6.13. The number of para-hydroxylation sites is 2. The highest BCUT2D eigenvalue weighted by atomic mass is 15.0. The number of aryl methyl sites for hydroxylation is 7. The number of fused-ring (bicyclic) bond motifs is 6. The third-order valence-corrected chi connectivity index (χ3v) is 12.5. The fourth-order valence-electron chi connectivity index (χ4n) is 10.4. The van der Waals surface area contributed by atoms with Gasteiger partial charge in [-0.2, -0.15) is 10.5 Å². The van der Waals surface area contributed by atoms with Crippen LogP contribution in [0.2, 0.25) is 0 Å². The summed E-state index contributed by atoms with van der Waals surface area (Å²) >= 11 is 0. The van der Waals surface area contributed by atoms with Crippen LogP contribution in [-0.2, 0) is 0 Å². The van der Waals surface area contributed by atoms with Crippen molar-refractivity contribution in [3.05, 3.63) is 190 Å². The fourth-order valence-corrected chi connectivity index (χ4v) is 10.4. The summed E-state index contributed by atoms with van der Waals surface area (Å²) < 4.78 is 4.65. The molecule has 0 aliphatic heterocycles. The van der Waals surface area contributed by atoms with Gasteiger partial charge in [0, 0.05) is 27.1 Å². The largest absolute Gasteiger partial charge is 0.308 e. The molecule has 0 aliphatic carbocycles. The Balaban J connectivity index is 1.33. The predicted molar refractivity (Wildman–Crippen MR) is 254 cm³/mol. The Labute approximate surface area is 356 Å². The molecule has 0 saturated heterocycles. The molecule has 0 N–H and O–H groups in total. The summed E-state index contributed by atoms with van der Waals surface area (Å²) in [6, 6.07) is 54.9. The van der Waals surface area contributed by atoms with Crippen LogP contribution in [0.25, 0.3) is 88.4 Å². The van der Waals surface area contributed by atoms with Crippen molar-refractivity contribution in [2.75, 3.05) is 0 Å². The Kier molecular flexibility index (Phi) is 8.79. The monoisotopic (exact) mass is 784 g/mol. The molecule has 4 heteroatoms. The molecule has 2 heterocycles. The van der Waals surface area contributed by atoms with Crippen molar-refractivity contribution in [3.8, 4) is 56.9 Å². The number of rotatable bonds is 5. The first-order valence-corrected chi connectivity index (χ1v) is 20.9. The summed E-state index contributed by atoms with van der Waals surface area (Å²) in [5, 5.41) is 25.7. The summed E-state index contributed by atoms with van der Waals surface area (Å²) in [6.07, 6.45) is 0. The van der Waals surface area contributed by atoms with Gasteiger partial charge >= 0.3 is 0 Å². The summed E-state index contributed by atoms with van der Waals surface area (Å²) in [6.45, 7) is 15.1. The van der Waals surface area contributed by atoms with E-state index in [1.807, 2.05) is 31.2 Å². The van der Waals surface area contributed by atoms with Gasteiger partial charge in [-0.05, 0) is 165 Å². The standard InChI is InChI=1S/C57H44N4/c1-33-20-36(4)55(37(5)21-33)42-16-18-51-47(29-42)45-12-8-10-14-49(45)60(51)53-27-41(32-59)28-54(57(53)44-25-35(3)24-40(26-44)31-58)61-50-15-11-9-13-46(50)48-30-43(17-19-52(48)61)56-38(6)22-34(2)23-39(56)7/h8-30H,1-7H3. The minimum absolute atomic E-state index is 0.545. The van der Waals surface area contributed by atoms with Gasteiger partial charge in [0.1, 0.15) is 0 Å². The van der Waals surface area contributed by atoms with Crippen LogP contribution >= 0.6 is 0 Å². The molecule has 0 atom stereocenters. The summed E-state index contributed by atoms with van der Waals surface area (Å²) in [5.41, 5.74) is 22.3. The van der Waals surface area contributed by atoms with Gasteiger partial charge in [-0.15, -0.1) is 0 Å². The van der Waals surface area contributed by atoms with Crippen molar-refractivity contribution < 1.29 is 0 Å². The lowest BCUT2D eigenvalue weighted by Crippen LogP contribution is -2.05.